The molecule has 2 heterocycles. The first-order valence-electron chi connectivity index (χ1n) is 9.02. The van der Waals surface area contributed by atoms with Gasteiger partial charge < -0.3 is 10.3 Å². The zero-order chi connectivity index (χ0) is 18.8. The maximum absolute atomic E-state index is 12.5. The maximum Gasteiger partial charge on any atom is 0.259 e. The Balaban J connectivity index is 1.60. The van der Waals surface area contributed by atoms with Crippen molar-refractivity contribution >= 4 is 27.2 Å². The second kappa shape index (κ2) is 7.37. The Kier molecular flexibility index (Phi) is 4.77. The molecule has 0 unspecified atom stereocenters. The number of hydrogen-bond donors (Lipinski definition) is 2. The smallest absolute Gasteiger partial charge is 0.259 e. The zero-order valence-corrected chi connectivity index (χ0v) is 16.1. The highest BCUT2D eigenvalue weighted by molar-refractivity contribution is 7.21. The first kappa shape index (κ1) is 17.5. The molecule has 0 saturated heterocycles. The van der Waals surface area contributed by atoms with Crippen molar-refractivity contribution in [3.63, 3.8) is 0 Å². The average Bonchev–Trinajstić information content (AvgIpc) is 3.12. The van der Waals surface area contributed by atoms with Gasteiger partial charge >= 0.3 is 0 Å². The highest BCUT2D eigenvalue weighted by Gasteiger charge is 2.10. The number of thiophene rings is 1. The van der Waals surface area contributed by atoms with E-state index in [1.54, 1.807) is 11.3 Å². The Morgan fingerprint density at radius 1 is 1.07 bits per heavy atom. The van der Waals surface area contributed by atoms with Gasteiger partial charge in [0, 0.05) is 10.6 Å². The van der Waals surface area contributed by atoms with Gasteiger partial charge in [0.15, 0.2) is 0 Å². The van der Waals surface area contributed by atoms with Gasteiger partial charge in [0.05, 0.1) is 11.9 Å². The molecule has 4 rings (SSSR count). The van der Waals surface area contributed by atoms with Crippen molar-refractivity contribution < 1.29 is 0 Å². The van der Waals surface area contributed by atoms with Crippen molar-refractivity contribution in [2.75, 3.05) is 5.32 Å². The molecule has 136 valence electrons. The predicted octanol–water partition coefficient (Wildman–Crippen LogP) is 5.39. The molecule has 2 aromatic heterocycles. The number of hydrogen-bond acceptors (Lipinski definition) is 4. The highest BCUT2D eigenvalue weighted by atomic mass is 32.1. The second-order valence-corrected chi connectivity index (χ2v) is 7.87. The lowest BCUT2D eigenvalue weighted by atomic mass is 10.0. The standard InChI is InChI=1S/C22H21N3OS/c1-14(2)16-9-6-10-17(11-16)23-13-20-24-21(26)18-12-19(27-22(18)25-20)15-7-4-3-5-8-15/h3-12,14,23H,13H2,1-2H3,(H,24,25,26). The minimum atomic E-state index is -0.0915. The monoisotopic (exact) mass is 375 g/mol. The molecule has 0 saturated carbocycles. The Bertz CT molecular complexity index is 1130. The number of nitrogens with zero attached hydrogens (tertiary/aromatic N) is 1. The van der Waals surface area contributed by atoms with E-state index in [9.17, 15) is 4.79 Å². The lowest BCUT2D eigenvalue weighted by Gasteiger charge is -2.10. The van der Waals surface area contributed by atoms with Gasteiger partial charge in [0.2, 0.25) is 0 Å². The summed E-state index contributed by atoms with van der Waals surface area (Å²) in [5, 5.41) is 4.00. The van der Waals surface area contributed by atoms with Crippen LogP contribution in [0, 0.1) is 0 Å². The lowest BCUT2D eigenvalue weighted by Crippen LogP contribution is -2.13. The summed E-state index contributed by atoms with van der Waals surface area (Å²) in [5.41, 5.74) is 3.32. The van der Waals surface area contributed by atoms with E-state index in [4.69, 9.17) is 0 Å². The molecular weight excluding hydrogens is 354 g/mol. The van der Waals surface area contributed by atoms with Gasteiger partial charge in [-0.05, 0) is 35.2 Å². The van der Waals surface area contributed by atoms with Gasteiger partial charge in [0.1, 0.15) is 10.7 Å². The predicted molar refractivity (Wildman–Crippen MR) is 114 cm³/mol. The summed E-state index contributed by atoms with van der Waals surface area (Å²) >= 11 is 1.55. The maximum atomic E-state index is 12.5. The Morgan fingerprint density at radius 3 is 2.67 bits per heavy atom. The van der Waals surface area contributed by atoms with Crippen molar-refractivity contribution in [3.8, 4) is 10.4 Å². The molecule has 0 atom stereocenters. The number of aromatic amines is 1. The van der Waals surface area contributed by atoms with Gasteiger partial charge in [-0.2, -0.15) is 0 Å². The third-order valence-electron chi connectivity index (χ3n) is 4.52. The zero-order valence-electron chi connectivity index (χ0n) is 15.3. The molecule has 0 fully saturated rings. The summed E-state index contributed by atoms with van der Waals surface area (Å²) < 4.78 is 0. The fraction of sp³-hybridized carbons (Fsp3) is 0.182. The summed E-state index contributed by atoms with van der Waals surface area (Å²) in [7, 11) is 0. The topological polar surface area (TPSA) is 57.8 Å². The lowest BCUT2D eigenvalue weighted by molar-refractivity contribution is 0.866. The second-order valence-electron chi connectivity index (χ2n) is 6.84. The molecule has 4 aromatic rings. The van der Waals surface area contributed by atoms with Crippen molar-refractivity contribution in [1.29, 1.82) is 0 Å². The quantitative estimate of drug-likeness (QED) is 0.492. The number of anilines is 1. The van der Waals surface area contributed by atoms with Crippen molar-refractivity contribution in [3.05, 3.63) is 82.4 Å². The molecule has 27 heavy (non-hydrogen) atoms. The van der Waals surface area contributed by atoms with Crippen LogP contribution in [0.25, 0.3) is 20.7 Å². The molecule has 0 aliphatic carbocycles. The third kappa shape index (κ3) is 3.78. The third-order valence-corrected chi connectivity index (χ3v) is 5.60. The fourth-order valence-corrected chi connectivity index (χ4v) is 4.05. The van der Waals surface area contributed by atoms with Gasteiger partial charge in [0.25, 0.3) is 5.56 Å². The first-order valence-corrected chi connectivity index (χ1v) is 9.84. The first-order chi connectivity index (χ1) is 13.1. The van der Waals surface area contributed by atoms with Crippen LogP contribution >= 0.6 is 11.3 Å². The van der Waals surface area contributed by atoms with E-state index in [0.717, 1.165) is 21.0 Å². The number of aromatic nitrogens is 2. The van der Waals surface area contributed by atoms with E-state index < -0.39 is 0 Å². The number of H-pyrrole nitrogens is 1. The van der Waals surface area contributed by atoms with Crippen molar-refractivity contribution in [2.45, 2.75) is 26.3 Å². The van der Waals surface area contributed by atoms with Crippen LogP contribution in [0.15, 0.2) is 65.5 Å². The molecular formula is C22H21N3OS. The van der Waals surface area contributed by atoms with Crippen LogP contribution in [-0.4, -0.2) is 9.97 Å². The largest absolute Gasteiger partial charge is 0.378 e. The molecule has 2 aromatic carbocycles. The molecule has 0 aliphatic heterocycles. The fourth-order valence-electron chi connectivity index (χ4n) is 3.00. The molecule has 0 amide bonds. The summed E-state index contributed by atoms with van der Waals surface area (Å²) in [4.78, 5) is 21.9. The van der Waals surface area contributed by atoms with E-state index in [1.165, 1.54) is 5.56 Å². The van der Waals surface area contributed by atoms with Gasteiger partial charge in [-0.25, -0.2) is 4.98 Å². The molecule has 4 nitrogen and oxygen atoms in total. The normalized spacial score (nSPS) is 11.2. The molecule has 0 aliphatic rings. The highest BCUT2D eigenvalue weighted by Crippen LogP contribution is 2.30. The summed E-state index contributed by atoms with van der Waals surface area (Å²) in [6.45, 7) is 4.83. The van der Waals surface area contributed by atoms with Crippen LogP contribution in [0.1, 0.15) is 31.2 Å². The Labute approximate surface area is 161 Å². The number of nitrogens with one attached hydrogen (secondary N) is 2. The van der Waals surface area contributed by atoms with Gasteiger partial charge in [-0.1, -0.05) is 56.3 Å². The summed E-state index contributed by atoms with van der Waals surface area (Å²) in [6.07, 6.45) is 0. The van der Waals surface area contributed by atoms with Crippen LogP contribution in [0.3, 0.4) is 0 Å². The van der Waals surface area contributed by atoms with E-state index in [0.29, 0.717) is 23.7 Å². The molecule has 5 heteroatoms. The molecule has 0 radical (unpaired) electrons. The van der Waals surface area contributed by atoms with Gasteiger partial charge in [-0.3, -0.25) is 4.79 Å². The number of fused-ring (bicyclic) bond motifs is 1. The molecule has 0 bridgehead atoms. The summed E-state index contributed by atoms with van der Waals surface area (Å²) in [5.74, 6) is 1.12. The van der Waals surface area contributed by atoms with Crippen LogP contribution in [0.5, 0.6) is 0 Å². The van der Waals surface area contributed by atoms with Crippen molar-refractivity contribution in [1.82, 2.24) is 9.97 Å². The summed E-state index contributed by atoms with van der Waals surface area (Å²) in [6, 6.07) is 20.3. The molecule has 2 N–H and O–H groups in total. The van der Waals surface area contributed by atoms with Crippen LogP contribution in [0.2, 0.25) is 0 Å². The van der Waals surface area contributed by atoms with Crippen LogP contribution < -0.4 is 10.9 Å². The van der Waals surface area contributed by atoms with E-state index in [2.05, 4.69) is 41.3 Å². The minimum Gasteiger partial charge on any atom is -0.378 e. The molecule has 0 spiro atoms. The number of benzene rings is 2. The number of rotatable bonds is 5. The van der Waals surface area contributed by atoms with Crippen LogP contribution in [0.4, 0.5) is 5.69 Å². The SMILES string of the molecule is CC(C)c1cccc(NCc2nc3sc(-c4ccccc4)cc3c(=O)[nH]2)c1. The van der Waals surface area contributed by atoms with E-state index >= 15 is 0 Å². The minimum absolute atomic E-state index is 0.0915. The van der Waals surface area contributed by atoms with Gasteiger partial charge in [-0.15, -0.1) is 11.3 Å². The van der Waals surface area contributed by atoms with Crippen molar-refractivity contribution in [2.24, 2.45) is 0 Å². The average molecular weight is 375 g/mol. The Morgan fingerprint density at radius 2 is 1.89 bits per heavy atom. The van der Waals surface area contributed by atoms with Crippen LogP contribution in [-0.2, 0) is 6.54 Å². The van der Waals surface area contributed by atoms with E-state index in [-0.39, 0.29) is 5.56 Å². The Hall–Kier alpha value is -2.92. The van der Waals surface area contributed by atoms with E-state index in [1.807, 2.05) is 48.5 Å².